The maximum absolute atomic E-state index is 10.5. The molecule has 4 heteroatoms. The highest BCUT2D eigenvalue weighted by atomic mass is 79.9. The summed E-state index contributed by atoms with van der Waals surface area (Å²) in [4.78, 5) is 13.0. The lowest BCUT2D eigenvalue weighted by atomic mass is 10.9. The summed E-state index contributed by atoms with van der Waals surface area (Å²) in [5.74, 6) is 0. The van der Waals surface area contributed by atoms with Gasteiger partial charge >= 0.3 is 5.69 Å². The summed E-state index contributed by atoms with van der Waals surface area (Å²) in [5.41, 5.74) is -0.100. The molecule has 0 amide bonds. The van der Waals surface area contributed by atoms with Crippen LogP contribution in [0.3, 0.4) is 0 Å². The number of imidazole rings is 1. The first-order valence-electron chi connectivity index (χ1n) is 2.11. The number of rotatable bonds is 0. The first-order valence-corrected chi connectivity index (χ1v) is 2.90. The van der Waals surface area contributed by atoms with E-state index in [1.54, 1.807) is 13.2 Å². The van der Waals surface area contributed by atoms with E-state index in [2.05, 4.69) is 20.9 Å². The van der Waals surface area contributed by atoms with Gasteiger partial charge in [-0.05, 0) is 15.9 Å². The molecular weight excluding hydrogens is 172 g/mol. The van der Waals surface area contributed by atoms with E-state index in [4.69, 9.17) is 0 Å². The van der Waals surface area contributed by atoms with Crippen molar-refractivity contribution in [1.29, 1.82) is 0 Å². The normalized spacial score (nSPS) is 9.75. The third-order valence-corrected chi connectivity index (χ3v) is 1.26. The Hall–Kier alpha value is -0.510. The molecule has 0 radical (unpaired) electrons. The van der Waals surface area contributed by atoms with Crippen LogP contribution in [0.5, 0.6) is 0 Å². The van der Waals surface area contributed by atoms with Gasteiger partial charge in [-0.2, -0.15) is 0 Å². The van der Waals surface area contributed by atoms with Crippen LogP contribution in [0.15, 0.2) is 15.6 Å². The summed E-state index contributed by atoms with van der Waals surface area (Å²) in [7, 11) is 1.68. The number of aromatic amines is 1. The molecule has 3 nitrogen and oxygen atoms in total. The molecular formula is C4H5BrN2O. The molecule has 1 aromatic heterocycles. The van der Waals surface area contributed by atoms with Gasteiger partial charge in [-0.25, -0.2) is 4.79 Å². The molecule has 0 saturated carbocycles. The van der Waals surface area contributed by atoms with Crippen molar-refractivity contribution >= 4 is 15.9 Å². The van der Waals surface area contributed by atoms with Gasteiger partial charge in [0, 0.05) is 13.2 Å². The maximum Gasteiger partial charge on any atom is 0.326 e. The SMILES string of the molecule is Cn1cc(Br)[nH]c1=O. The third-order valence-electron chi connectivity index (χ3n) is 0.854. The Morgan fingerprint density at radius 3 is 2.62 bits per heavy atom. The molecule has 0 aliphatic rings. The summed E-state index contributed by atoms with van der Waals surface area (Å²) >= 11 is 3.11. The van der Waals surface area contributed by atoms with Gasteiger partial charge in [0.05, 0.1) is 0 Å². The number of hydrogen-bond donors (Lipinski definition) is 1. The predicted molar refractivity (Wildman–Crippen MR) is 33.7 cm³/mol. The van der Waals surface area contributed by atoms with Crippen molar-refractivity contribution in [2.24, 2.45) is 7.05 Å². The van der Waals surface area contributed by atoms with Crippen molar-refractivity contribution in [3.8, 4) is 0 Å². The van der Waals surface area contributed by atoms with Gasteiger partial charge in [0.25, 0.3) is 0 Å². The zero-order chi connectivity index (χ0) is 6.15. The Kier molecular flexibility index (Phi) is 1.25. The highest BCUT2D eigenvalue weighted by Gasteiger charge is 1.90. The van der Waals surface area contributed by atoms with Crippen LogP contribution in [-0.4, -0.2) is 9.55 Å². The fourth-order valence-corrected chi connectivity index (χ4v) is 0.928. The highest BCUT2D eigenvalue weighted by molar-refractivity contribution is 9.10. The van der Waals surface area contributed by atoms with E-state index in [1.807, 2.05) is 0 Å². The number of aromatic nitrogens is 2. The largest absolute Gasteiger partial charge is 0.326 e. The zero-order valence-corrected chi connectivity index (χ0v) is 5.90. The van der Waals surface area contributed by atoms with Gasteiger partial charge in [0.1, 0.15) is 4.60 Å². The molecule has 44 valence electrons. The van der Waals surface area contributed by atoms with Crippen LogP contribution in [0, 0.1) is 0 Å². The van der Waals surface area contributed by atoms with E-state index >= 15 is 0 Å². The Morgan fingerprint density at radius 2 is 2.50 bits per heavy atom. The average molecular weight is 177 g/mol. The molecule has 1 heterocycles. The van der Waals surface area contributed by atoms with E-state index in [0.717, 1.165) is 0 Å². The number of halogens is 1. The first-order chi connectivity index (χ1) is 3.70. The van der Waals surface area contributed by atoms with Crippen molar-refractivity contribution in [1.82, 2.24) is 9.55 Å². The van der Waals surface area contributed by atoms with Gasteiger partial charge in [-0.1, -0.05) is 0 Å². The monoisotopic (exact) mass is 176 g/mol. The van der Waals surface area contributed by atoms with Gasteiger partial charge < -0.3 is 9.55 Å². The van der Waals surface area contributed by atoms with E-state index in [9.17, 15) is 4.79 Å². The number of nitrogens with zero attached hydrogens (tertiary/aromatic N) is 1. The summed E-state index contributed by atoms with van der Waals surface area (Å²) in [6, 6.07) is 0. The summed E-state index contributed by atoms with van der Waals surface area (Å²) in [5, 5.41) is 0. The number of H-pyrrole nitrogens is 1. The molecule has 1 rings (SSSR count). The standard InChI is InChI=1S/C4H5BrN2O/c1-7-2-3(5)6-4(7)8/h2H,1H3,(H,6,8). The number of nitrogens with one attached hydrogen (secondary N) is 1. The Labute approximate surface area is 54.5 Å². The van der Waals surface area contributed by atoms with Crippen LogP contribution in [0.4, 0.5) is 0 Å². The fraction of sp³-hybridized carbons (Fsp3) is 0.250. The molecule has 0 atom stereocenters. The minimum atomic E-state index is -0.100. The van der Waals surface area contributed by atoms with Crippen molar-refractivity contribution in [2.75, 3.05) is 0 Å². The molecule has 8 heavy (non-hydrogen) atoms. The molecule has 0 aliphatic heterocycles. The highest BCUT2D eigenvalue weighted by Crippen LogP contribution is 1.98. The molecule has 0 spiro atoms. The van der Waals surface area contributed by atoms with Gasteiger partial charge in [-0.15, -0.1) is 0 Å². The molecule has 0 aromatic carbocycles. The van der Waals surface area contributed by atoms with Crippen LogP contribution in [0.2, 0.25) is 0 Å². The van der Waals surface area contributed by atoms with Crippen LogP contribution < -0.4 is 5.69 Å². The van der Waals surface area contributed by atoms with E-state index in [1.165, 1.54) is 4.57 Å². The van der Waals surface area contributed by atoms with Crippen molar-refractivity contribution in [3.63, 3.8) is 0 Å². The minimum Gasteiger partial charge on any atom is -0.301 e. The minimum absolute atomic E-state index is 0.100. The fourth-order valence-electron chi connectivity index (χ4n) is 0.451. The summed E-state index contributed by atoms with van der Waals surface area (Å²) in [6.07, 6.45) is 1.67. The topological polar surface area (TPSA) is 37.8 Å². The average Bonchev–Trinajstić information content (AvgIpc) is 1.85. The number of hydrogen-bond acceptors (Lipinski definition) is 1. The molecule has 0 unspecified atom stereocenters. The second-order valence-electron chi connectivity index (χ2n) is 1.52. The van der Waals surface area contributed by atoms with Crippen LogP contribution in [0.25, 0.3) is 0 Å². The van der Waals surface area contributed by atoms with Crippen LogP contribution >= 0.6 is 15.9 Å². The first kappa shape index (κ1) is 5.62. The summed E-state index contributed by atoms with van der Waals surface area (Å²) < 4.78 is 2.18. The van der Waals surface area contributed by atoms with Gasteiger partial charge in [-0.3, -0.25) is 0 Å². The number of aryl methyl sites for hydroxylation is 1. The predicted octanol–water partition coefficient (Wildman–Crippen LogP) is 0.476. The zero-order valence-electron chi connectivity index (χ0n) is 4.31. The third kappa shape index (κ3) is 0.838. The molecule has 0 saturated heterocycles. The van der Waals surface area contributed by atoms with Gasteiger partial charge in [0.15, 0.2) is 0 Å². The smallest absolute Gasteiger partial charge is 0.301 e. The Balaban J connectivity index is 3.35. The molecule has 0 bridgehead atoms. The molecule has 0 aliphatic carbocycles. The molecule has 0 fully saturated rings. The van der Waals surface area contributed by atoms with E-state index in [-0.39, 0.29) is 5.69 Å². The summed E-state index contributed by atoms with van der Waals surface area (Å²) in [6.45, 7) is 0. The van der Waals surface area contributed by atoms with Crippen molar-refractivity contribution in [2.45, 2.75) is 0 Å². The lowest BCUT2D eigenvalue weighted by Gasteiger charge is -1.76. The maximum atomic E-state index is 10.5. The molecule has 1 N–H and O–H groups in total. The Bertz CT molecular complexity index is 236. The second kappa shape index (κ2) is 1.78. The molecule has 1 aromatic rings. The quantitative estimate of drug-likeness (QED) is 0.614. The second-order valence-corrected chi connectivity index (χ2v) is 2.37. The van der Waals surface area contributed by atoms with Crippen LogP contribution in [-0.2, 0) is 7.05 Å². The van der Waals surface area contributed by atoms with Crippen molar-refractivity contribution in [3.05, 3.63) is 21.3 Å². The van der Waals surface area contributed by atoms with E-state index in [0.29, 0.717) is 4.60 Å². The Morgan fingerprint density at radius 1 is 1.88 bits per heavy atom. The van der Waals surface area contributed by atoms with E-state index < -0.39 is 0 Å². The lowest BCUT2D eigenvalue weighted by molar-refractivity contribution is 0.862. The van der Waals surface area contributed by atoms with Crippen molar-refractivity contribution < 1.29 is 0 Å². The van der Waals surface area contributed by atoms with Gasteiger partial charge in [0.2, 0.25) is 0 Å². The lowest BCUT2D eigenvalue weighted by Crippen LogP contribution is -2.11. The van der Waals surface area contributed by atoms with Crippen LogP contribution in [0.1, 0.15) is 0 Å².